The lowest BCUT2D eigenvalue weighted by atomic mass is 10.1. The quantitative estimate of drug-likeness (QED) is 0.644. The molecule has 3 aromatic rings. The number of aromatic nitrogens is 2. The summed E-state index contributed by atoms with van der Waals surface area (Å²) >= 11 is 0. The molecule has 1 fully saturated rings. The van der Waals surface area contributed by atoms with Crippen LogP contribution in [0.5, 0.6) is 5.75 Å². The van der Waals surface area contributed by atoms with Crippen molar-refractivity contribution in [3.63, 3.8) is 0 Å². The van der Waals surface area contributed by atoms with Gasteiger partial charge in [0.05, 0.1) is 11.0 Å². The van der Waals surface area contributed by atoms with Crippen LogP contribution >= 0.6 is 0 Å². The number of amides is 1. The highest BCUT2D eigenvalue weighted by molar-refractivity contribution is 5.78. The topological polar surface area (TPSA) is 56.5 Å². The maximum atomic E-state index is 13.8. The summed E-state index contributed by atoms with van der Waals surface area (Å²) in [6.45, 7) is 1.31. The Hall–Kier alpha value is -3.16. The number of hydrogen-bond donors (Lipinski definition) is 0. The first-order chi connectivity index (χ1) is 14.4. The van der Waals surface area contributed by atoms with E-state index in [9.17, 15) is 18.4 Å². The lowest BCUT2D eigenvalue weighted by Crippen LogP contribution is -2.42. The summed E-state index contributed by atoms with van der Waals surface area (Å²) in [6, 6.07) is 10.7. The molecule has 1 amide bonds. The van der Waals surface area contributed by atoms with Crippen LogP contribution in [0.25, 0.3) is 11.0 Å². The maximum Gasteiger partial charge on any atom is 0.328 e. The third-order valence-corrected chi connectivity index (χ3v) is 5.58. The van der Waals surface area contributed by atoms with Gasteiger partial charge in [-0.25, -0.2) is 13.6 Å². The third kappa shape index (κ3) is 3.94. The van der Waals surface area contributed by atoms with E-state index in [1.807, 2.05) is 24.3 Å². The predicted octanol–water partition coefficient (Wildman–Crippen LogP) is 3.08. The Bertz CT molecular complexity index is 1130. The summed E-state index contributed by atoms with van der Waals surface area (Å²) < 4.78 is 35.6. The number of fused-ring (bicyclic) bond motifs is 1. The Labute approximate surface area is 172 Å². The first-order valence-electron chi connectivity index (χ1n) is 9.98. The number of likely N-dealkylation sites (tertiary alicyclic amines) is 1. The number of rotatable bonds is 5. The molecule has 1 aromatic heterocycles. The molecule has 8 heteroatoms. The van der Waals surface area contributed by atoms with Crippen molar-refractivity contribution in [2.24, 2.45) is 7.05 Å². The van der Waals surface area contributed by atoms with Crippen LogP contribution in [-0.4, -0.2) is 39.1 Å². The molecule has 1 saturated heterocycles. The zero-order valence-electron chi connectivity index (χ0n) is 16.7. The van der Waals surface area contributed by atoms with Gasteiger partial charge in [-0.05, 0) is 24.3 Å². The van der Waals surface area contributed by atoms with Crippen LogP contribution < -0.4 is 10.4 Å². The summed E-state index contributed by atoms with van der Waals surface area (Å²) in [7, 11) is 1.72. The van der Waals surface area contributed by atoms with Crippen molar-refractivity contribution in [3.05, 3.63) is 64.6 Å². The minimum absolute atomic E-state index is 0.0245. The maximum absolute atomic E-state index is 13.8. The Morgan fingerprint density at radius 1 is 1.10 bits per heavy atom. The second kappa shape index (κ2) is 8.30. The van der Waals surface area contributed by atoms with E-state index < -0.39 is 11.6 Å². The zero-order chi connectivity index (χ0) is 21.3. The van der Waals surface area contributed by atoms with E-state index in [2.05, 4.69) is 0 Å². The van der Waals surface area contributed by atoms with Gasteiger partial charge in [-0.2, -0.15) is 0 Å². The molecule has 30 heavy (non-hydrogen) atoms. The number of nitrogens with zero attached hydrogens (tertiary/aromatic N) is 3. The van der Waals surface area contributed by atoms with E-state index in [1.54, 1.807) is 21.1 Å². The minimum atomic E-state index is -0.728. The fourth-order valence-electron chi connectivity index (χ4n) is 3.92. The molecule has 0 unspecified atom stereocenters. The van der Waals surface area contributed by atoms with Gasteiger partial charge in [0.25, 0.3) is 0 Å². The molecular weight excluding hydrogens is 392 g/mol. The molecule has 6 nitrogen and oxygen atoms in total. The molecule has 0 radical (unpaired) electrons. The van der Waals surface area contributed by atoms with Crippen molar-refractivity contribution >= 4 is 16.9 Å². The SMILES string of the molecule is Cn1c(=O)n(CCC(=O)N2CCC(Oc3ccc(F)cc3F)CC2)c2ccccc21. The molecular formula is C22H23F2N3O3. The van der Waals surface area contributed by atoms with E-state index in [0.717, 1.165) is 23.2 Å². The molecule has 0 atom stereocenters. The summed E-state index contributed by atoms with van der Waals surface area (Å²) in [4.78, 5) is 26.9. The monoisotopic (exact) mass is 415 g/mol. The third-order valence-electron chi connectivity index (χ3n) is 5.58. The number of para-hydroxylation sites is 2. The normalized spacial score (nSPS) is 15.0. The molecule has 1 aliphatic heterocycles. The van der Waals surface area contributed by atoms with Crippen molar-refractivity contribution in [3.8, 4) is 5.75 Å². The number of aryl methyl sites for hydroxylation is 2. The Kier molecular flexibility index (Phi) is 5.57. The Balaban J connectivity index is 1.33. The fourth-order valence-corrected chi connectivity index (χ4v) is 3.92. The van der Waals surface area contributed by atoms with Crippen molar-refractivity contribution < 1.29 is 18.3 Å². The number of halogens is 2. The second-order valence-corrected chi connectivity index (χ2v) is 7.50. The number of hydrogen-bond acceptors (Lipinski definition) is 3. The van der Waals surface area contributed by atoms with Gasteiger partial charge in [0, 0.05) is 52.0 Å². The molecule has 158 valence electrons. The van der Waals surface area contributed by atoms with Gasteiger partial charge in [0.1, 0.15) is 11.9 Å². The van der Waals surface area contributed by atoms with Crippen LogP contribution in [0.3, 0.4) is 0 Å². The molecule has 2 aromatic carbocycles. The molecule has 4 rings (SSSR count). The first-order valence-corrected chi connectivity index (χ1v) is 9.98. The summed E-state index contributed by atoms with van der Waals surface area (Å²) in [5.41, 5.74) is 1.50. The van der Waals surface area contributed by atoms with Crippen molar-refractivity contribution in [1.82, 2.24) is 14.0 Å². The van der Waals surface area contributed by atoms with Crippen molar-refractivity contribution in [2.45, 2.75) is 31.9 Å². The number of imidazole rings is 1. The average Bonchev–Trinajstić information content (AvgIpc) is 2.99. The number of carbonyl (C=O) groups excluding carboxylic acids is 1. The highest BCUT2D eigenvalue weighted by Crippen LogP contribution is 2.23. The van der Waals surface area contributed by atoms with Gasteiger partial charge in [0.15, 0.2) is 11.6 Å². The molecule has 2 heterocycles. The highest BCUT2D eigenvalue weighted by Gasteiger charge is 2.25. The second-order valence-electron chi connectivity index (χ2n) is 7.50. The van der Waals surface area contributed by atoms with Crippen LogP contribution in [0.15, 0.2) is 47.3 Å². The minimum Gasteiger partial charge on any atom is -0.487 e. The molecule has 0 aliphatic carbocycles. The first kappa shape index (κ1) is 20.1. The van der Waals surface area contributed by atoms with Gasteiger partial charge in [-0.1, -0.05) is 12.1 Å². The number of piperidine rings is 1. The largest absolute Gasteiger partial charge is 0.487 e. The lowest BCUT2D eigenvalue weighted by molar-refractivity contribution is -0.133. The Morgan fingerprint density at radius 3 is 2.50 bits per heavy atom. The van der Waals surface area contributed by atoms with E-state index in [-0.39, 0.29) is 29.9 Å². The summed E-state index contributed by atoms with van der Waals surface area (Å²) in [5, 5.41) is 0. The molecule has 0 saturated carbocycles. The Morgan fingerprint density at radius 2 is 1.80 bits per heavy atom. The van der Waals surface area contributed by atoms with E-state index in [0.29, 0.717) is 32.5 Å². The van der Waals surface area contributed by atoms with Crippen LogP contribution in [0.2, 0.25) is 0 Å². The molecule has 0 spiro atoms. The van der Waals surface area contributed by atoms with E-state index >= 15 is 0 Å². The lowest BCUT2D eigenvalue weighted by Gasteiger charge is -2.32. The van der Waals surface area contributed by atoms with E-state index in [1.165, 1.54) is 6.07 Å². The molecule has 1 aliphatic rings. The van der Waals surface area contributed by atoms with Crippen LogP contribution in [-0.2, 0) is 18.4 Å². The van der Waals surface area contributed by atoms with Crippen LogP contribution in [0.1, 0.15) is 19.3 Å². The number of ether oxygens (including phenoxy) is 1. The smallest absolute Gasteiger partial charge is 0.328 e. The van der Waals surface area contributed by atoms with E-state index in [4.69, 9.17) is 4.74 Å². The predicted molar refractivity (Wildman–Crippen MR) is 108 cm³/mol. The van der Waals surface area contributed by atoms with Gasteiger partial charge < -0.3 is 9.64 Å². The van der Waals surface area contributed by atoms with Crippen LogP contribution in [0.4, 0.5) is 8.78 Å². The number of benzene rings is 2. The van der Waals surface area contributed by atoms with Gasteiger partial charge >= 0.3 is 5.69 Å². The van der Waals surface area contributed by atoms with Crippen LogP contribution in [0, 0.1) is 11.6 Å². The zero-order valence-corrected chi connectivity index (χ0v) is 16.7. The van der Waals surface area contributed by atoms with Crippen molar-refractivity contribution in [1.29, 1.82) is 0 Å². The number of carbonyl (C=O) groups is 1. The van der Waals surface area contributed by atoms with Gasteiger partial charge in [0.2, 0.25) is 5.91 Å². The summed E-state index contributed by atoms with van der Waals surface area (Å²) in [5.74, 6) is -1.38. The molecule has 0 N–H and O–H groups in total. The standard InChI is InChI=1S/C22H23F2N3O3/c1-25-18-4-2-3-5-19(18)27(22(25)29)13-10-21(28)26-11-8-16(9-12-26)30-20-7-6-15(23)14-17(20)24/h2-7,14,16H,8-13H2,1H3. The highest BCUT2D eigenvalue weighted by atomic mass is 19.1. The summed E-state index contributed by atoms with van der Waals surface area (Å²) in [6.07, 6.45) is 1.13. The van der Waals surface area contributed by atoms with Gasteiger partial charge in [-0.15, -0.1) is 0 Å². The fraction of sp³-hybridized carbons (Fsp3) is 0.364. The van der Waals surface area contributed by atoms with Crippen molar-refractivity contribution in [2.75, 3.05) is 13.1 Å². The average molecular weight is 415 g/mol. The van der Waals surface area contributed by atoms with Gasteiger partial charge in [-0.3, -0.25) is 13.9 Å². The molecule has 0 bridgehead atoms.